The second-order valence-electron chi connectivity index (χ2n) is 3.70. The zero-order chi connectivity index (χ0) is 10.7. The van der Waals surface area contributed by atoms with Crippen LogP contribution in [0.1, 0.15) is 18.4 Å². The Morgan fingerprint density at radius 3 is 3.00 bits per heavy atom. The first-order valence-corrected chi connectivity index (χ1v) is 6.64. The van der Waals surface area contributed by atoms with Crippen LogP contribution in [0, 0.1) is 0 Å². The molecule has 0 saturated heterocycles. The van der Waals surface area contributed by atoms with Gasteiger partial charge in [-0.15, -0.1) is 11.3 Å². The molecule has 0 unspecified atom stereocenters. The van der Waals surface area contributed by atoms with Crippen molar-refractivity contribution in [2.45, 2.75) is 25.4 Å². The SMILES string of the molecule is O=C(CNCc1csc(Br)c1)NC1CC1. The van der Waals surface area contributed by atoms with Crippen molar-refractivity contribution in [3.05, 3.63) is 20.8 Å². The van der Waals surface area contributed by atoms with Crippen molar-refractivity contribution in [1.29, 1.82) is 0 Å². The number of carbonyl (C=O) groups is 1. The van der Waals surface area contributed by atoms with Crippen LogP contribution in [0.4, 0.5) is 0 Å². The smallest absolute Gasteiger partial charge is 0.234 e. The average molecular weight is 289 g/mol. The summed E-state index contributed by atoms with van der Waals surface area (Å²) in [6.45, 7) is 1.16. The summed E-state index contributed by atoms with van der Waals surface area (Å²) in [5.41, 5.74) is 1.21. The fourth-order valence-electron chi connectivity index (χ4n) is 1.27. The maximum Gasteiger partial charge on any atom is 0.234 e. The van der Waals surface area contributed by atoms with Crippen molar-refractivity contribution in [3.63, 3.8) is 0 Å². The number of hydrogen-bond acceptors (Lipinski definition) is 3. The summed E-state index contributed by atoms with van der Waals surface area (Å²) in [5.74, 6) is 0.104. The van der Waals surface area contributed by atoms with Gasteiger partial charge in [0.2, 0.25) is 5.91 Å². The Labute approximate surface area is 101 Å². The molecule has 1 aromatic heterocycles. The average Bonchev–Trinajstić information content (AvgIpc) is 2.89. The molecule has 1 heterocycles. The minimum Gasteiger partial charge on any atom is -0.352 e. The van der Waals surface area contributed by atoms with Crippen molar-refractivity contribution in [2.75, 3.05) is 6.54 Å². The molecule has 0 aliphatic heterocycles. The molecular formula is C10H13BrN2OS. The van der Waals surface area contributed by atoms with Gasteiger partial charge in [0.25, 0.3) is 0 Å². The quantitative estimate of drug-likeness (QED) is 0.869. The number of nitrogens with one attached hydrogen (secondary N) is 2. The molecule has 5 heteroatoms. The highest BCUT2D eigenvalue weighted by Gasteiger charge is 2.22. The van der Waals surface area contributed by atoms with E-state index in [1.807, 2.05) is 0 Å². The van der Waals surface area contributed by atoms with Crippen LogP contribution in [0.25, 0.3) is 0 Å². The van der Waals surface area contributed by atoms with Gasteiger partial charge in [-0.2, -0.15) is 0 Å². The summed E-state index contributed by atoms with van der Waals surface area (Å²) in [4.78, 5) is 11.3. The molecule has 1 amide bonds. The molecule has 1 fully saturated rings. The molecule has 1 aliphatic rings. The lowest BCUT2D eigenvalue weighted by Gasteiger charge is -2.04. The fourth-order valence-corrected chi connectivity index (χ4v) is 2.47. The first-order valence-electron chi connectivity index (χ1n) is 4.97. The molecule has 1 aromatic rings. The van der Waals surface area contributed by atoms with Gasteiger partial charge in [0, 0.05) is 12.6 Å². The Morgan fingerprint density at radius 2 is 2.40 bits per heavy atom. The van der Waals surface area contributed by atoms with Crippen LogP contribution in [0.2, 0.25) is 0 Å². The van der Waals surface area contributed by atoms with E-state index < -0.39 is 0 Å². The second-order valence-corrected chi connectivity index (χ2v) is 5.99. The minimum atomic E-state index is 0.104. The molecule has 0 aromatic carbocycles. The van der Waals surface area contributed by atoms with Crippen molar-refractivity contribution >= 4 is 33.2 Å². The predicted octanol–water partition coefficient (Wildman–Crippen LogP) is 1.88. The van der Waals surface area contributed by atoms with E-state index in [2.05, 4.69) is 38.0 Å². The summed E-state index contributed by atoms with van der Waals surface area (Å²) < 4.78 is 1.13. The third-order valence-electron chi connectivity index (χ3n) is 2.18. The first-order chi connectivity index (χ1) is 7.24. The van der Waals surface area contributed by atoms with Gasteiger partial charge < -0.3 is 10.6 Å². The number of hydrogen-bond donors (Lipinski definition) is 2. The molecule has 2 rings (SSSR count). The van der Waals surface area contributed by atoms with Crippen molar-refractivity contribution in [2.24, 2.45) is 0 Å². The molecule has 0 atom stereocenters. The number of carbonyl (C=O) groups excluding carboxylic acids is 1. The fraction of sp³-hybridized carbons (Fsp3) is 0.500. The normalized spacial score (nSPS) is 15.3. The summed E-state index contributed by atoms with van der Waals surface area (Å²) in [6, 6.07) is 2.52. The molecule has 1 aliphatic carbocycles. The summed E-state index contributed by atoms with van der Waals surface area (Å²) >= 11 is 5.07. The lowest BCUT2D eigenvalue weighted by molar-refractivity contribution is -0.120. The Bertz CT molecular complexity index is 349. The monoisotopic (exact) mass is 288 g/mol. The highest BCUT2D eigenvalue weighted by molar-refractivity contribution is 9.11. The Balaban J connectivity index is 1.63. The maximum absolute atomic E-state index is 11.3. The van der Waals surface area contributed by atoms with Crippen LogP contribution < -0.4 is 10.6 Å². The van der Waals surface area contributed by atoms with E-state index in [1.165, 1.54) is 5.56 Å². The summed E-state index contributed by atoms with van der Waals surface area (Å²) in [7, 11) is 0. The summed E-state index contributed by atoms with van der Waals surface area (Å²) in [5, 5.41) is 8.14. The van der Waals surface area contributed by atoms with Gasteiger partial charge in [0.1, 0.15) is 0 Å². The van der Waals surface area contributed by atoms with E-state index in [0.717, 1.165) is 23.2 Å². The van der Waals surface area contributed by atoms with Gasteiger partial charge in [0.15, 0.2) is 0 Å². The zero-order valence-electron chi connectivity index (χ0n) is 8.25. The molecule has 0 radical (unpaired) electrons. The van der Waals surface area contributed by atoms with Crippen LogP contribution in [0.5, 0.6) is 0 Å². The Kier molecular flexibility index (Phi) is 3.77. The van der Waals surface area contributed by atoms with E-state index in [0.29, 0.717) is 12.6 Å². The van der Waals surface area contributed by atoms with Crippen LogP contribution in [-0.4, -0.2) is 18.5 Å². The molecule has 3 nitrogen and oxygen atoms in total. The topological polar surface area (TPSA) is 41.1 Å². The molecule has 1 saturated carbocycles. The largest absolute Gasteiger partial charge is 0.352 e. The standard InChI is InChI=1S/C10H13BrN2OS/c11-9-3-7(6-15-9)4-12-5-10(14)13-8-1-2-8/h3,6,8,12H,1-2,4-5H2,(H,13,14). The van der Waals surface area contributed by atoms with Crippen LogP contribution in [0.3, 0.4) is 0 Å². The summed E-state index contributed by atoms with van der Waals surface area (Å²) in [6.07, 6.45) is 2.28. The van der Waals surface area contributed by atoms with Gasteiger partial charge in [-0.3, -0.25) is 4.79 Å². The van der Waals surface area contributed by atoms with Gasteiger partial charge in [0.05, 0.1) is 10.3 Å². The lowest BCUT2D eigenvalue weighted by Crippen LogP contribution is -2.34. The van der Waals surface area contributed by atoms with Gasteiger partial charge >= 0.3 is 0 Å². The van der Waals surface area contributed by atoms with Crippen molar-refractivity contribution in [1.82, 2.24) is 10.6 Å². The molecule has 0 bridgehead atoms. The molecule has 15 heavy (non-hydrogen) atoms. The van der Waals surface area contributed by atoms with E-state index >= 15 is 0 Å². The van der Waals surface area contributed by atoms with Crippen LogP contribution in [-0.2, 0) is 11.3 Å². The van der Waals surface area contributed by atoms with E-state index in [4.69, 9.17) is 0 Å². The van der Waals surface area contributed by atoms with Crippen molar-refractivity contribution < 1.29 is 4.79 Å². The molecule has 0 spiro atoms. The van der Waals surface area contributed by atoms with Gasteiger partial charge in [-0.25, -0.2) is 0 Å². The molecule has 82 valence electrons. The zero-order valence-corrected chi connectivity index (χ0v) is 10.7. The molecule has 2 N–H and O–H groups in total. The van der Waals surface area contributed by atoms with Crippen LogP contribution in [0.15, 0.2) is 15.2 Å². The van der Waals surface area contributed by atoms with Crippen molar-refractivity contribution in [3.8, 4) is 0 Å². The second kappa shape index (κ2) is 5.09. The van der Waals surface area contributed by atoms with E-state index in [1.54, 1.807) is 11.3 Å². The number of amides is 1. The number of thiophene rings is 1. The highest BCUT2D eigenvalue weighted by Crippen LogP contribution is 2.20. The lowest BCUT2D eigenvalue weighted by atomic mass is 10.3. The Hall–Kier alpha value is -0.390. The third-order valence-corrected chi connectivity index (χ3v) is 3.73. The number of rotatable bonds is 5. The highest BCUT2D eigenvalue weighted by atomic mass is 79.9. The Morgan fingerprint density at radius 1 is 1.60 bits per heavy atom. The minimum absolute atomic E-state index is 0.104. The van der Waals surface area contributed by atoms with Gasteiger partial charge in [-0.1, -0.05) is 0 Å². The third kappa shape index (κ3) is 3.93. The number of halogens is 1. The van der Waals surface area contributed by atoms with E-state index in [-0.39, 0.29) is 5.91 Å². The molecular weight excluding hydrogens is 276 g/mol. The van der Waals surface area contributed by atoms with Gasteiger partial charge in [-0.05, 0) is 45.8 Å². The first kappa shape index (κ1) is 11.1. The van der Waals surface area contributed by atoms with E-state index in [9.17, 15) is 4.79 Å². The predicted molar refractivity (Wildman–Crippen MR) is 64.9 cm³/mol. The van der Waals surface area contributed by atoms with Crippen LogP contribution >= 0.6 is 27.3 Å². The maximum atomic E-state index is 11.3.